The van der Waals surface area contributed by atoms with Crippen LogP contribution in [0.1, 0.15) is 158 Å². The van der Waals surface area contributed by atoms with Crippen molar-refractivity contribution in [1.29, 1.82) is 0 Å². The summed E-state index contributed by atoms with van der Waals surface area (Å²) < 4.78 is 5.47. The van der Waals surface area contributed by atoms with Gasteiger partial charge in [-0.2, -0.15) is 0 Å². The van der Waals surface area contributed by atoms with Gasteiger partial charge in [0.25, 0.3) is 17.7 Å². The number of fused-ring (bicyclic) bond motifs is 14. The summed E-state index contributed by atoms with van der Waals surface area (Å²) in [5.41, 5.74) is 2.87. The molecule has 0 radical (unpaired) electrons. The van der Waals surface area contributed by atoms with Crippen molar-refractivity contribution in [3.05, 3.63) is 111 Å². The van der Waals surface area contributed by atoms with E-state index in [4.69, 9.17) is 39.6 Å². The first kappa shape index (κ1) is 66.3. The van der Waals surface area contributed by atoms with E-state index in [2.05, 4.69) is 36.8 Å². The molecule has 0 unspecified atom stereocenters. The number of pyridine rings is 1. The molecule has 1 saturated carbocycles. The molecule has 94 heavy (non-hydrogen) atoms. The van der Waals surface area contributed by atoms with Crippen LogP contribution in [0.15, 0.2) is 64.0 Å². The second kappa shape index (κ2) is 29.5. The van der Waals surface area contributed by atoms with Gasteiger partial charge < -0.3 is 51.5 Å². The van der Waals surface area contributed by atoms with Gasteiger partial charge in [0, 0.05) is 77.1 Å². The molecule has 3 fully saturated rings. The Kier molecular flexibility index (Phi) is 20.8. The van der Waals surface area contributed by atoms with Crippen molar-refractivity contribution in [1.82, 2.24) is 71.3 Å². The summed E-state index contributed by atoms with van der Waals surface area (Å²) in [5.74, 6) is -2.98. The largest absolute Gasteiger partial charge is 0.386 e. The van der Waals surface area contributed by atoms with Crippen LogP contribution in [-0.2, 0) is 30.5 Å². The van der Waals surface area contributed by atoms with Crippen molar-refractivity contribution >= 4 is 115 Å². The van der Waals surface area contributed by atoms with Gasteiger partial charge in [0.15, 0.2) is 0 Å². The molecule has 1 aliphatic carbocycles. The number of anilines is 1. The average molecular weight is 1390 g/mol. The zero-order valence-electron chi connectivity index (χ0n) is 52.3. The van der Waals surface area contributed by atoms with E-state index in [9.17, 15) is 38.7 Å². The van der Waals surface area contributed by atoms with Crippen molar-refractivity contribution in [3.8, 4) is 43.4 Å². The number of rotatable bonds is 12. The first-order valence-electron chi connectivity index (χ1n) is 31.3. The molecule has 10 bridgehead atoms. The molecule has 4 atom stereocenters. The molecule has 3 aliphatic heterocycles. The molecule has 8 aromatic rings. The number of ether oxygens (including phenoxy) is 1. The summed E-state index contributed by atoms with van der Waals surface area (Å²) in [7, 11) is 2.96. The zero-order chi connectivity index (χ0) is 65.7. The Balaban J connectivity index is 0.842. The summed E-state index contributed by atoms with van der Waals surface area (Å²) in [4.78, 5) is 137. The van der Waals surface area contributed by atoms with Crippen LogP contribution >= 0.6 is 68.0 Å². The Morgan fingerprint density at radius 2 is 1.35 bits per heavy atom. The van der Waals surface area contributed by atoms with Gasteiger partial charge in [-0.3, -0.25) is 33.6 Å². The van der Waals surface area contributed by atoms with Crippen LogP contribution in [0.25, 0.3) is 43.4 Å². The highest BCUT2D eigenvalue weighted by atomic mass is 32.1. The molecule has 10 heterocycles. The highest BCUT2D eigenvalue weighted by molar-refractivity contribution is 7.15. The van der Waals surface area contributed by atoms with Crippen LogP contribution < -0.4 is 31.9 Å². The maximum absolute atomic E-state index is 14.4. The number of likely N-dealkylation sites (tertiary alicyclic amines) is 2. The van der Waals surface area contributed by atoms with Gasteiger partial charge in [-0.15, -0.1) is 68.0 Å². The van der Waals surface area contributed by atoms with Crippen LogP contribution in [0.4, 0.5) is 5.82 Å². The maximum Gasteiger partial charge on any atom is 0.271 e. The van der Waals surface area contributed by atoms with Gasteiger partial charge in [-0.1, -0.05) is 44.2 Å². The molecule has 30 heteroatoms. The molecule has 24 nitrogen and oxygen atoms in total. The van der Waals surface area contributed by atoms with Gasteiger partial charge in [0.2, 0.25) is 23.6 Å². The molecule has 7 amide bonds. The maximum atomic E-state index is 14.4. The number of aromatic nitrogens is 7. The summed E-state index contributed by atoms with van der Waals surface area (Å²) >= 11 is 7.32. The Morgan fingerprint density at radius 3 is 2.10 bits per heavy atom. The minimum atomic E-state index is -1.27. The zero-order valence-corrected chi connectivity index (χ0v) is 57.2. The quantitative estimate of drug-likeness (QED) is 0.0599. The Bertz CT molecular complexity index is 4080. The number of amides is 7. The number of nitrogens with one attached hydrogen (secondary N) is 6. The molecule has 1 aromatic carbocycles. The third-order valence-corrected chi connectivity index (χ3v) is 23.1. The van der Waals surface area contributed by atoms with Crippen molar-refractivity contribution in [3.63, 3.8) is 0 Å². The van der Waals surface area contributed by atoms with E-state index in [1.807, 2.05) is 36.3 Å². The van der Waals surface area contributed by atoms with Crippen LogP contribution in [-0.4, -0.2) is 144 Å². The van der Waals surface area contributed by atoms with Gasteiger partial charge in [0.1, 0.15) is 82.2 Å². The number of piperidine rings is 1. The van der Waals surface area contributed by atoms with E-state index >= 15 is 0 Å². The SMILES string of the molecule is CNC(=O)C[C@@H]1NC(=O)c2csc(n2)-c2ccc(-c3nc(NC(=O)C4CCC(C(=O)N5CCC(N6CCCC6)CC5)CC4)cs3)nc2-c2csc(n2)-c2csc(n2)[C@H]([C@@H](O)c2ccccc2)NC(=O)CNC(=O)c2nc(sc2COC)[C@H](C(C)C)NC(=O)c2nc1sc2C. The number of benzene rings is 1. The number of methoxy groups -OCH3 is 1. The van der Waals surface area contributed by atoms with E-state index in [-0.39, 0.29) is 59.7 Å². The first-order valence-corrected chi connectivity index (χ1v) is 36.4. The van der Waals surface area contributed by atoms with E-state index in [0.717, 1.165) is 50.4 Å². The second-order valence-corrected chi connectivity index (χ2v) is 29.8. The predicted octanol–water partition coefficient (Wildman–Crippen LogP) is 9.14. The number of thiazole rings is 6. The number of aliphatic hydroxyl groups is 1. The number of carbonyl (C=O) groups excluding carboxylic acids is 7. The Morgan fingerprint density at radius 1 is 0.660 bits per heavy atom. The van der Waals surface area contributed by atoms with E-state index in [1.165, 1.54) is 83.7 Å². The standard InChI is InChI=1S/C64H71N15O9S6/c1-32(2)48-63-77-51(44(94-63)27-88-5)56(85)66-26-47(81)74-52(53(82)34-11-7-6-8-12-34)62-71-43(30-91-62)60-69-41(28-90-60)50-38(58-70-42(29-89-58)55(84)68-40(25-46(80)65-4)61-76-49(33(3)93-61)57(86)75-48)17-18-39(67-50)59-73-45(31-92-59)72-54(83)35-13-15-36(16-14-35)64(87)79-23-19-37(20-24-79)78-21-9-10-22-78/h6-8,11-12,17-18,28-32,35-37,40,48,52-53,82H,9-10,13-16,19-27H2,1-5H3,(H,65,80)(H,66,85)(H,68,84)(H,72,83)(H,74,81)(H,75,86)/t35?,36?,40-,48-,52-,53-/m0/s1. The topological polar surface area (TPSA) is 318 Å². The number of carbonyl (C=O) groups is 7. The van der Waals surface area contributed by atoms with E-state index in [1.54, 1.807) is 53.4 Å². The summed E-state index contributed by atoms with van der Waals surface area (Å²) in [6, 6.07) is 10.2. The fraction of sp³-hybridized carbons (Fsp3) is 0.438. The van der Waals surface area contributed by atoms with Crippen molar-refractivity contribution < 1.29 is 43.4 Å². The van der Waals surface area contributed by atoms with E-state index in [0.29, 0.717) is 111 Å². The summed E-state index contributed by atoms with van der Waals surface area (Å²) in [6.45, 7) is 8.91. The van der Waals surface area contributed by atoms with Crippen LogP contribution in [0, 0.1) is 24.7 Å². The molecular weight excluding hydrogens is 1320 g/mol. The normalized spacial score (nSPS) is 20.6. The summed E-state index contributed by atoms with van der Waals surface area (Å²) in [5, 5.41) is 38.7. The molecule has 12 rings (SSSR count). The molecule has 4 aliphatic rings. The van der Waals surface area contributed by atoms with Gasteiger partial charge in [0.05, 0.1) is 42.2 Å². The van der Waals surface area contributed by atoms with Crippen LogP contribution in [0.3, 0.4) is 0 Å². The average Bonchev–Trinajstić information content (AvgIpc) is 1.64. The van der Waals surface area contributed by atoms with Crippen molar-refractivity contribution in [2.24, 2.45) is 17.8 Å². The Hall–Kier alpha value is -7.68. The number of aliphatic hydroxyl groups excluding tert-OH is 1. The smallest absolute Gasteiger partial charge is 0.271 e. The van der Waals surface area contributed by atoms with Gasteiger partial charge >= 0.3 is 0 Å². The predicted molar refractivity (Wildman–Crippen MR) is 361 cm³/mol. The first-order chi connectivity index (χ1) is 45.5. The van der Waals surface area contributed by atoms with Gasteiger partial charge in [-0.05, 0) is 95.0 Å². The minimum Gasteiger partial charge on any atom is -0.386 e. The fourth-order valence-corrected chi connectivity index (χ4v) is 17.8. The number of hydrogen-bond donors (Lipinski definition) is 7. The van der Waals surface area contributed by atoms with Crippen molar-refractivity contribution in [2.75, 3.05) is 52.2 Å². The molecule has 7 N–H and O–H groups in total. The third-order valence-electron chi connectivity index (χ3n) is 17.4. The lowest BCUT2D eigenvalue weighted by atomic mass is 9.80. The molecule has 2 saturated heterocycles. The number of nitrogens with zero attached hydrogens (tertiary/aromatic N) is 9. The summed E-state index contributed by atoms with van der Waals surface area (Å²) in [6.07, 6.45) is 5.60. The number of aryl methyl sites for hydroxylation is 1. The molecule has 0 spiro atoms. The number of hydrogen-bond acceptors (Lipinski definition) is 23. The van der Waals surface area contributed by atoms with Crippen molar-refractivity contribution in [2.45, 2.75) is 115 Å². The monoisotopic (exact) mass is 1390 g/mol. The van der Waals surface area contributed by atoms with E-state index < -0.39 is 60.3 Å². The lowest BCUT2D eigenvalue weighted by Crippen LogP contribution is -2.48. The third kappa shape index (κ3) is 14.9. The lowest BCUT2D eigenvalue weighted by molar-refractivity contribution is -0.139. The highest BCUT2D eigenvalue weighted by Gasteiger charge is 2.37. The second-order valence-electron chi connectivity index (χ2n) is 24.0. The molecular formula is C64H71N15O9S6. The minimum absolute atomic E-state index is 0.00353. The highest BCUT2D eigenvalue weighted by Crippen LogP contribution is 2.41. The van der Waals surface area contributed by atoms with Crippen LogP contribution in [0.2, 0.25) is 0 Å². The lowest BCUT2D eigenvalue weighted by Gasteiger charge is -2.39. The fourth-order valence-electron chi connectivity index (χ4n) is 12.3. The molecule has 7 aromatic heterocycles. The molecule has 492 valence electrons. The van der Waals surface area contributed by atoms with Crippen LogP contribution in [0.5, 0.6) is 0 Å². The Labute approximate surface area is 566 Å². The van der Waals surface area contributed by atoms with Gasteiger partial charge in [-0.25, -0.2) is 34.9 Å².